The number of allylic oxidation sites excluding steroid dienone is 1. The van der Waals surface area contributed by atoms with Gasteiger partial charge in [0.25, 0.3) is 5.91 Å². The maximum Gasteiger partial charge on any atom is 0.339 e. The average Bonchev–Trinajstić information content (AvgIpc) is 2.74. The van der Waals surface area contributed by atoms with Crippen LogP contribution in [0.3, 0.4) is 0 Å². The summed E-state index contributed by atoms with van der Waals surface area (Å²) in [6.07, 6.45) is 4.27. The topological polar surface area (TPSA) is 82.3 Å². The molecule has 0 spiro atoms. The third kappa shape index (κ3) is 3.91. The minimum Gasteiger partial charge on any atom is -0.452 e. The van der Waals surface area contributed by atoms with Gasteiger partial charge in [-0.25, -0.2) is 9.78 Å². The van der Waals surface area contributed by atoms with Crippen LogP contribution in [0.25, 0.3) is 22.6 Å². The molecule has 0 unspecified atom stereocenters. The number of hydrogen-bond acceptors (Lipinski definition) is 4. The van der Waals surface area contributed by atoms with Crippen molar-refractivity contribution in [3.8, 4) is 0 Å². The Morgan fingerprint density at radius 1 is 1.10 bits per heavy atom. The number of aromatic nitrogens is 1. The fraction of sp³-hybridized carbons (Fsp3) is 0.174. The van der Waals surface area contributed by atoms with Crippen LogP contribution in [0.4, 0.5) is 0 Å². The van der Waals surface area contributed by atoms with Gasteiger partial charge < -0.3 is 10.5 Å². The lowest BCUT2D eigenvalue weighted by molar-refractivity contribution is -0.121. The number of nitrogens with two attached hydrogens (primary N) is 1. The number of esters is 1. The minimum atomic E-state index is -0.702. The summed E-state index contributed by atoms with van der Waals surface area (Å²) in [5.74, 6) is -1.28. The van der Waals surface area contributed by atoms with Crippen molar-refractivity contribution in [2.24, 2.45) is 5.73 Å². The molecule has 1 aliphatic rings. The smallest absolute Gasteiger partial charge is 0.339 e. The lowest BCUT2D eigenvalue weighted by Crippen LogP contribution is -2.22. The van der Waals surface area contributed by atoms with E-state index in [1.54, 1.807) is 6.07 Å². The summed E-state index contributed by atoms with van der Waals surface area (Å²) in [5, 5.41) is 1.64. The van der Waals surface area contributed by atoms with Crippen molar-refractivity contribution < 1.29 is 14.3 Å². The van der Waals surface area contributed by atoms with Gasteiger partial charge in [0.1, 0.15) is 0 Å². The summed E-state index contributed by atoms with van der Waals surface area (Å²) in [6, 6.07) is 12.8. The van der Waals surface area contributed by atoms with Crippen molar-refractivity contribution in [3.05, 3.63) is 74.9 Å². The van der Waals surface area contributed by atoms with E-state index < -0.39 is 18.5 Å². The number of para-hydroxylation sites is 1. The Bertz CT molecular complexity index is 1200. The molecule has 30 heavy (non-hydrogen) atoms. The number of ether oxygens (including phenoxy) is 1. The van der Waals surface area contributed by atoms with Crippen LogP contribution in [-0.2, 0) is 16.0 Å². The number of nitrogens with zero attached hydrogens (tertiary/aromatic N) is 1. The molecule has 4 rings (SSSR count). The van der Waals surface area contributed by atoms with Gasteiger partial charge in [0.15, 0.2) is 6.61 Å². The van der Waals surface area contributed by atoms with Crippen molar-refractivity contribution in [3.63, 3.8) is 0 Å². The monoisotopic (exact) mass is 440 g/mol. The van der Waals surface area contributed by atoms with E-state index in [0.29, 0.717) is 32.9 Å². The molecule has 0 aliphatic heterocycles. The molecular weight excluding hydrogens is 423 g/mol. The minimum absolute atomic E-state index is 0.430. The van der Waals surface area contributed by atoms with Gasteiger partial charge in [-0.15, -0.1) is 0 Å². The number of fused-ring (bicyclic) bond motifs is 2. The number of hydrogen-bond donors (Lipinski definition) is 1. The summed E-state index contributed by atoms with van der Waals surface area (Å²) in [5.41, 5.74) is 9.55. The number of primary amides is 1. The van der Waals surface area contributed by atoms with E-state index in [-0.39, 0.29) is 0 Å². The van der Waals surface area contributed by atoms with Gasteiger partial charge in [0.2, 0.25) is 0 Å². The van der Waals surface area contributed by atoms with Crippen LogP contribution < -0.4 is 5.73 Å². The third-order valence-corrected chi connectivity index (χ3v) is 5.86. The lowest BCUT2D eigenvalue weighted by atomic mass is 9.86. The number of rotatable bonds is 4. The van der Waals surface area contributed by atoms with Gasteiger partial charge >= 0.3 is 5.97 Å². The maximum absolute atomic E-state index is 12.9. The van der Waals surface area contributed by atoms with E-state index in [0.717, 1.165) is 35.2 Å². The first kappa shape index (κ1) is 20.4. The molecule has 0 radical (unpaired) electrons. The first-order chi connectivity index (χ1) is 14.5. The molecule has 0 atom stereocenters. The van der Waals surface area contributed by atoms with Gasteiger partial charge in [-0.3, -0.25) is 4.79 Å². The summed E-state index contributed by atoms with van der Waals surface area (Å²) >= 11 is 12.5. The highest BCUT2D eigenvalue weighted by Crippen LogP contribution is 2.37. The summed E-state index contributed by atoms with van der Waals surface area (Å²) in [6.45, 7) is -0.467. The van der Waals surface area contributed by atoms with Crippen LogP contribution in [0.5, 0.6) is 0 Å². The number of benzene rings is 2. The fourth-order valence-electron chi connectivity index (χ4n) is 3.74. The Balaban J connectivity index is 1.90. The quantitative estimate of drug-likeness (QED) is 0.574. The zero-order chi connectivity index (χ0) is 21.3. The molecule has 7 heteroatoms. The van der Waals surface area contributed by atoms with Crippen molar-refractivity contribution >= 4 is 57.6 Å². The average molecular weight is 441 g/mol. The molecule has 1 amide bonds. The molecular formula is C23H18Cl2N2O3. The predicted molar refractivity (Wildman–Crippen MR) is 118 cm³/mol. The largest absolute Gasteiger partial charge is 0.452 e. The Labute approximate surface area is 183 Å². The van der Waals surface area contributed by atoms with E-state index in [1.165, 1.54) is 0 Å². The SMILES string of the molecule is NC(=O)COC(=O)c1c2c(nc3ccccc13)C(=Cc1cccc(Cl)c1Cl)CCC2. The van der Waals surface area contributed by atoms with Crippen molar-refractivity contribution in [2.45, 2.75) is 19.3 Å². The maximum atomic E-state index is 12.9. The Morgan fingerprint density at radius 3 is 2.70 bits per heavy atom. The van der Waals surface area contributed by atoms with Crippen LogP contribution in [0.2, 0.25) is 10.0 Å². The highest BCUT2D eigenvalue weighted by molar-refractivity contribution is 6.43. The molecule has 152 valence electrons. The highest BCUT2D eigenvalue weighted by atomic mass is 35.5. The molecule has 5 nitrogen and oxygen atoms in total. The van der Waals surface area contributed by atoms with Crippen molar-refractivity contribution in [2.75, 3.05) is 6.61 Å². The highest BCUT2D eigenvalue weighted by Gasteiger charge is 2.26. The van der Waals surface area contributed by atoms with E-state index in [9.17, 15) is 9.59 Å². The van der Waals surface area contributed by atoms with Gasteiger partial charge in [-0.2, -0.15) is 0 Å². The molecule has 3 aromatic rings. The number of halogens is 2. The third-order valence-electron chi connectivity index (χ3n) is 5.03. The standard InChI is InChI=1S/C23H18Cl2N2O3/c24-17-9-4-5-13(21(17)25)11-14-6-3-8-16-20(23(29)30-12-19(26)28)15-7-1-2-10-18(15)27-22(14)16/h1-2,4-5,7,9-11H,3,6,8,12H2,(H2,26,28). The lowest BCUT2D eigenvalue weighted by Gasteiger charge is -2.22. The Kier molecular flexibility index (Phi) is 5.75. The first-order valence-electron chi connectivity index (χ1n) is 9.47. The first-order valence-corrected chi connectivity index (χ1v) is 10.2. The number of amides is 1. The number of carbonyl (C=O) groups is 2. The van der Waals surface area contributed by atoms with Crippen molar-refractivity contribution in [1.82, 2.24) is 4.98 Å². The predicted octanol–water partition coefficient (Wildman–Crippen LogP) is 5.06. The molecule has 1 aliphatic carbocycles. The summed E-state index contributed by atoms with van der Waals surface area (Å²) < 4.78 is 5.15. The van der Waals surface area contributed by atoms with Crippen LogP contribution in [0.15, 0.2) is 42.5 Å². The second-order valence-electron chi connectivity index (χ2n) is 7.04. The number of carbonyl (C=O) groups excluding carboxylic acids is 2. The van der Waals surface area contributed by atoms with Gasteiger partial charge in [0, 0.05) is 5.39 Å². The van der Waals surface area contributed by atoms with Gasteiger partial charge in [-0.1, -0.05) is 53.5 Å². The normalized spacial score (nSPS) is 14.5. The molecule has 2 N–H and O–H groups in total. The molecule has 0 fully saturated rings. The number of pyridine rings is 1. The molecule has 1 aromatic heterocycles. The van der Waals surface area contributed by atoms with Crippen LogP contribution in [0, 0.1) is 0 Å². The van der Waals surface area contributed by atoms with Crippen molar-refractivity contribution in [1.29, 1.82) is 0 Å². The van der Waals surface area contributed by atoms with Crippen LogP contribution in [0.1, 0.15) is 40.0 Å². The van der Waals surface area contributed by atoms with E-state index in [1.807, 2.05) is 42.5 Å². The summed E-state index contributed by atoms with van der Waals surface area (Å²) in [4.78, 5) is 28.8. The van der Waals surface area contributed by atoms with E-state index in [4.69, 9.17) is 38.7 Å². The van der Waals surface area contributed by atoms with Crippen LogP contribution in [-0.4, -0.2) is 23.5 Å². The van der Waals surface area contributed by atoms with Gasteiger partial charge in [-0.05, 0) is 54.2 Å². The molecule has 0 saturated carbocycles. The Hall–Kier alpha value is -2.89. The second-order valence-corrected chi connectivity index (χ2v) is 7.82. The van der Waals surface area contributed by atoms with Gasteiger partial charge in [0.05, 0.1) is 26.8 Å². The zero-order valence-electron chi connectivity index (χ0n) is 16.0. The second kappa shape index (κ2) is 8.46. The van der Waals surface area contributed by atoms with E-state index in [2.05, 4.69) is 0 Å². The zero-order valence-corrected chi connectivity index (χ0v) is 17.5. The molecule has 1 heterocycles. The molecule has 2 aromatic carbocycles. The summed E-state index contributed by atoms with van der Waals surface area (Å²) in [7, 11) is 0. The fourth-order valence-corrected chi connectivity index (χ4v) is 4.10. The molecule has 0 saturated heterocycles. The Morgan fingerprint density at radius 2 is 1.90 bits per heavy atom. The van der Waals surface area contributed by atoms with E-state index >= 15 is 0 Å². The van der Waals surface area contributed by atoms with Crippen LogP contribution >= 0.6 is 23.2 Å². The molecule has 0 bridgehead atoms.